The first-order chi connectivity index (χ1) is 12.6. The lowest BCUT2D eigenvalue weighted by Crippen LogP contribution is -2.42. The number of anilines is 1. The minimum absolute atomic E-state index is 0.144. The zero-order chi connectivity index (χ0) is 20.1. The van der Waals surface area contributed by atoms with Crippen molar-refractivity contribution in [2.45, 2.75) is 37.7 Å². The molecular weight excluding hydrogens is 388 g/mol. The molecule has 0 saturated heterocycles. The van der Waals surface area contributed by atoms with Crippen molar-refractivity contribution in [3.05, 3.63) is 53.6 Å². The van der Waals surface area contributed by atoms with Gasteiger partial charge in [0.25, 0.3) is 5.91 Å². The number of sulfonamides is 1. The second-order valence-corrected chi connectivity index (χ2v) is 8.65. The normalized spacial score (nSPS) is 11.9. The van der Waals surface area contributed by atoms with Gasteiger partial charge in [-0.05, 0) is 68.8 Å². The van der Waals surface area contributed by atoms with Crippen molar-refractivity contribution in [3.8, 4) is 5.75 Å². The molecule has 27 heavy (non-hydrogen) atoms. The van der Waals surface area contributed by atoms with Gasteiger partial charge in [-0.1, -0.05) is 18.5 Å². The molecule has 0 spiro atoms. The van der Waals surface area contributed by atoms with E-state index in [1.54, 1.807) is 38.1 Å². The Balaban J connectivity index is 2.05. The predicted molar refractivity (Wildman–Crippen MR) is 107 cm³/mol. The first-order valence-electron chi connectivity index (χ1n) is 8.50. The molecular formula is C19H23ClN2O4S. The minimum Gasteiger partial charge on any atom is -0.478 e. The Bertz CT molecular complexity index is 879. The SMILES string of the molecule is CCCNS(=O)(=O)c1ccc(NC(=O)C(C)(C)Oc2ccc(Cl)cc2)cc1. The first-order valence-corrected chi connectivity index (χ1v) is 10.4. The van der Waals surface area contributed by atoms with Crippen LogP contribution in [0.4, 0.5) is 5.69 Å². The lowest BCUT2D eigenvalue weighted by atomic mass is 10.1. The summed E-state index contributed by atoms with van der Waals surface area (Å²) >= 11 is 5.84. The summed E-state index contributed by atoms with van der Waals surface area (Å²) < 4.78 is 32.4. The van der Waals surface area contributed by atoms with Crippen LogP contribution in [0.1, 0.15) is 27.2 Å². The number of halogens is 1. The maximum atomic E-state index is 12.5. The maximum absolute atomic E-state index is 12.5. The van der Waals surface area contributed by atoms with Gasteiger partial charge in [0.1, 0.15) is 5.75 Å². The van der Waals surface area contributed by atoms with E-state index in [2.05, 4.69) is 10.0 Å². The fourth-order valence-electron chi connectivity index (χ4n) is 2.16. The van der Waals surface area contributed by atoms with Gasteiger partial charge in [0, 0.05) is 17.3 Å². The highest BCUT2D eigenvalue weighted by molar-refractivity contribution is 7.89. The van der Waals surface area contributed by atoms with Gasteiger partial charge in [-0.3, -0.25) is 4.79 Å². The zero-order valence-corrected chi connectivity index (χ0v) is 17.0. The van der Waals surface area contributed by atoms with Gasteiger partial charge < -0.3 is 10.1 Å². The van der Waals surface area contributed by atoms with Gasteiger partial charge >= 0.3 is 0 Å². The van der Waals surface area contributed by atoms with Crippen molar-refractivity contribution in [2.24, 2.45) is 0 Å². The van der Waals surface area contributed by atoms with Crippen LogP contribution >= 0.6 is 11.6 Å². The molecule has 0 heterocycles. The Morgan fingerprint density at radius 2 is 1.67 bits per heavy atom. The molecule has 0 aliphatic carbocycles. The van der Waals surface area contributed by atoms with Crippen molar-refractivity contribution in [3.63, 3.8) is 0 Å². The summed E-state index contributed by atoms with van der Waals surface area (Å²) in [5, 5.41) is 3.31. The first kappa shape index (κ1) is 21.2. The number of rotatable bonds is 8. The molecule has 8 heteroatoms. The summed E-state index contributed by atoms with van der Waals surface area (Å²) in [5.74, 6) is 0.153. The number of amides is 1. The van der Waals surface area contributed by atoms with E-state index < -0.39 is 15.6 Å². The number of hydrogen-bond acceptors (Lipinski definition) is 4. The number of benzene rings is 2. The molecule has 0 atom stereocenters. The highest BCUT2D eigenvalue weighted by Gasteiger charge is 2.30. The molecule has 1 amide bonds. The smallest absolute Gasteiger partial charge is 0.267 e. The maximum Gasteiger partial charge on any atom is 0.267 e. The van der Waals surface area contributed by atoms with Crippen LogP contribution in [0.5, 0.6) is 5.75 Å². The van der Waals surface area contributed by atoms with Crippen LogP contribution in [0.2, 0.25) is 5.02 Å². The van der Waals surface area contributed by atoms with E-state index in [1.165, 1.54) is 24.3 Å². The zero-order valence-electron chi connectivity index (χ0n) is 15.5. The van der Waals surface area contributed by atoms with Crippen LogP contribution in [0.25, 0.3) is 0 Å². The van der Waals surface area contributed by atoms with E-state index in [9.17, 15) is 13.2 Å². The van der Waals surface area contributed by atoms with Crippen molar-refractivity contribution in [1.82, 2.24) is 4.72 Å². The quantitative estimate of drug-likeness (QED) is 0.692. The van der Waals surface area contributed by atoms with E-state index in [1.807, 2.05) is 6.92 Å². The summed E-state index contributed by atoms with van der Waals surface area (Å²) in [5.41, 5.74) is -0.663. The van der Waals surface area contributed by atoms with Crippen LogP contribution in [0.15, 0.2) is 53.4 Å². The van der Waals surface area contributed by atoms with Crippen molar-refractivity contribution in [1.29, 1.82) is 0 Å². The molecule has 0 fully saturated rings. The molecule has 0 radical (unpaired) electrons. The molecule has 0 saturated carbocycles. The summed E-state index contributed by atoms with van der Waals surface area (Å²) in [7, 11) is -3.54. The largest absolute Gasteiger partial charge is 0.478 e. The predicted octanol–water partition coefficient (Wildman–Crippen LogP) is 3.82. The van der Waals surface area contributed by atoms with Crippen LogP contribution in [-0.4, -0.2) is 26.5 Å². The number of carbonyl (C=O) groups excluding carboxylic acids is 1. The second kappa shape index (κ2) is 8.73. The Morgan fingerprint density at radius 1 is 1.07 bits per heavy atom. The molecule has 2 aromatic rings. The molecule has 0 aliphatic heterocycles. The lowest BCUT2D eigenvalue weighted by molar-refractivity contribution is -0.128. The minimum atomic E-state index is -3.54. The Morgan fingerprint density at radius 3 is 2.22 bits per heavy atom. The number of nitrogens with one attached hydrogen (secondary N) is 2. The van der Waals surface area contributed by atoms with E-state index in [4.69, 9.17) is 16.3 Å². The number of hydrogen-bond donors (Lipinski definition) is 2. The van der Waals surface area contributed by atoms with E-state index in [-0.39, 0.29) is 10.8 Å². The molecule has 2 rings (SSSR count). The van der Waals surface area contributed by atoms with Gasteiger partial charge in [0.05, 0.1) is 4.90 Å². The molecule has 0 bridgehead atoms. The third-order valence-electron chi connectivity index (χ3n) is 3.70. The second-order valence-electron chi connectivity index (χ2n) is 6.44. The fourth-order valence-corrected chi connectivity index (χ4v) is 3.42. The van der Waals surface area contributed by atoms with Gasteiger partial charge in [0.2, 0.25) is 10.0 Å². The average Bonchev–Trinajstić information content (AvgIpc) is 2.62. The Labute approximate surface area is 164 Å². The summed E-state index contributed by atoms with van der Waals surface area (Å²) in [6.07, 6.45) is 0.704. The van der Waals surface area contributed by atoms with Crippen molar-refractivity contribution >= 4 is 33.2 Å². The molecule has 2 N–H and O–H groups in total. The standard InChI is InChI=1S/C19H23ClN2O4S/c1-4-13-21-27(24,25)17-11-7-15(8-12-17)22-18(23)19(2,3)26-16-9-5-14(20)6-10-16/h5-12,21H,4,13H2,1-3H3,(H,22,23). The molecule has 0 aromatic heterocycles. The molecule has 2 aromatic carbocycles. The Kier molecular flexibility index (Phi) is 6.86. The van der Waals surface area contributed by atoms with Crippen LogP contribution < -0.4 is 14.8 Å². The molecule has 0 aliphatic rings. The van der Waals surface area contributed by atoms with Crippen molar-refractivity contribution < 1.29 is 17.9 Å². The van der Waals surface area contributed by atoms with Crippen LogP contribution in [-0.2, 0) is 14.8 Å². The lowest BCUT2D eigenvalue weighted by Gasteiger charge is -2.25. The highest BCUT2D eigenvalue weighted by atomic mass is 35.5. The highest BCUT2D eigenvalue weighted by Crippen LogP contribution is 2.22. The summed E-state index contributed by atoms with van der Waals surface area (Å²) in [6, 6.07) is 12.7. The van der Waals surface area contributed by atoms with E-state index in [0.29, 0.717) is 29.4 Å². The van der Waals surface area contributed by atoms with E-state index in [0.717, 1.165) is 0 Å². The molecule has 6 nitrogen and oxygen atoms in total. The van der Waals surface area contributed by atoms with Gasteiger partial charge in [-0.25, -0.2) is 13.1 Å². The van der Waals surface area contributed by atoms with Gasteiger partial charge in [-0.15, -0.1) is 0 Å². The topological polar surface area (TPSA) is 84.5 Å². The fraction of sp³-hybridized carbons (Fsp3) is 0.316. The number of ether oxygens (including phenoxy) is 1. The van der Waals surface area contributed by atoms with Gasteiger partial charge in [-0.2, -0.15) is 0 Å². The monoisotopic (exact) mass is 410 g/mol. The third kappa shape index (κ3) is 5.95. The van der Waals surface area contributed by atoms with Crippen LogP contribution in [0.3, 0.4) is 0 Å². The number of carbonyl (C=O) groups is 1. The summed E-state index contributed by atoms with van der Waals surface area (Å²) in [6.45, 7) is 5.54. The molecule has 146 valence electrons. The van der Waals surface area contributed by atoms with Gasteiger partial charge in [0.15, 0.2) is 5.60 Å². The summed E-state index contributed by atoms with van der Waals surface area (Å²) in [4.78, 5) is 12.7. The van der Waals surface area contributed by atoms with Crippen LogP contribution in [0, 0.1) is 0 Å². The Hall–Kier alpha value is -2.09. The average molecular weight is 411 g/mol. The van der Waals surface area contributed by atoms with E-state index >= 15 is 0 Å². The third-order valence-corrected chi connectivity index (χ3v) is 5.43. The van der Waals surface area contributed by atoms with Crippen molar-refractivity contribution in [2.75, 3.05) is 11.9 Å². The molecule has 0 unspecified atom stereocenters.